The zero-order valence-corrected chi connectivity index (χ0v) is 11.2. The molecule has 2 rings (SSSR count). The van der Waals surface area contributed by atoms with Gasteiger partial charge in [-0.2, -0.15) is 5.10 Å². The number of aryl methyl sites for hydroxylation is 1. The molecule has 1 aromatic carbocycles. The summed E-state index contributed by atoms with van der Waals surface area (Å²) >= 11 is 3.20. The van der Waals surface area contributed by atoms with Crippen molar-refractivity contribution >= 4 is 15.9 Å². The summed E-state index contributed by atoms with van der Waals surface area (Å²) in [5.41, 5.74) is 2.02. The summed E-state index contributed by atoms with van der Waals surface area (Å²) in [6.07, 6.45) is 1.75. The summed E-state index contributed by atoms with van der Waals surface area (Å²) in [7, 11) is 3.76. The van der Waals surface area contributed by atoms with E-state index in [1.807, 2.05) is 20.2 Å². The maximum absolute atomic E-state index is 13.2. The second kappa shape index (κ2) is 4.98. The Balaban J connectivity index is 2.42. The highest BCUT2D eigenvalue weighted by Crippen LogP contribution is 2.25. The highest BCUT2D eigenvalue weighted by Gasteiger charge is 2.16. The quantitative estimate of drug-likeness (QED) is 0.944. The van der Waals surface area contributed by atoms with Gasteiger partial charge in [0, 0.05) is 13.2 Å². The van der Waals surface area contributed by atoms with Gasteiger partial charge < -0.3 is 5.32 Å². The molecule has 0 aliphatic carbocycles. The Morgan fingerprint density at radius 3 is 2.71 bits per heavy atom. The van der Waals surface area contributed by atoms with E-state index in [1.165, 1.54) is 6.07 Å². The molecule has 1 aromatic heterocycles. The Bertz CT molecular complexity index is 524. The van der Waals surface area contributed by atoms with Crippen molar-refractivity contribution in [1.82, 2.24) is 15.1 Å². The first kappa shape index (κ1) is 12.3. The number of nitrogens with one attached hydrogen (secondary N) is 1. The highest BCUT2D eigenvalue weighted by molar-refractivity contribution is 9.10. The predicted molar refractivity (Wildman–Crippen MR) is 68.2 cm³/mol. The van der Waals surface area contributed by atoms with Crippen LogP contribution < -0.4 is 5.32 Å². The molecule has 2 aromatic rings. The lowest BCUT2D eigenvalue weighted by Crippen LogP contribution is -2.20. The maximum Gasteiger partial charge on any atom is 0.137 e. The van der Waals surface area contributed by atoms with Gasteiger partial charge in [0.25, 0.3) is 0 Å². The lowest BCUT2D eigenvalue weighted by Gasteiger charge is -2.17. The van der Waals surface area contributed by atoms with Crippen LogP contribution in [0.25, 0.3) is 0 Å². The molecular formula is C12H13BrFN3. The van der Waals surface area contributed by atoms with Gasteiger partial charge in [-0.3, -0.25) is 4.68 Å². The van der Waals surface area contributed by atoms with E-state index >= 15 is 0 Å². The van der Waals surface area contributed by atoms with Crippen LogP contribution in [0.2, 0.25) is 0 Å². The van der Waals surface area contributed by atoms with Crippen LogP contribution in [0.3, 0.4) is 0 Å². The smallest absolute Gasteiger partial charge is 0.137 e. The summed E-state index contributed by atoms with van der Waals surface area (Å²) in [5, 5.41) is 7.35. The third-order valence-corrected chi connectivity index (χ3v) is 3.33. The van der Waals surface area contributed by atoms with E-state index in [2.05, 4.69) is 26.3 Å². The van der Waals surface area contributed by atoms with Gasteiger partial charge in [-0.25, -0.2) is 4.39 Å². The van der Waals surface area contributed by atoms with Crippen LogP contribution >= 0.6 is 15.9 Å². The molecule has 0 spiro atoms. The minimum Gasteiger partial charge on any atom is -0.308 e. The van der Waals surface area contributed by atoms with Crippen molar-refractivity contribution < 1.29 is 4.39 Å². The van der Waals surface area contributed by atoms with E-state index in [9.17, 15) is 4.39 Å². The van der Waals surface area contributed by atoms with Crippen LogP contribution in [0.15, 0.2) is 34.9 Å². The van der Waals surface area contributed by atoms with Crippen molar-refractivity contribution in [1.29, 1.82) is 0 Å². The molecule has 0 fully saturated rings. The lowest BCUT2D eigenvalue weighted by molar-refractivity contribution is 0.597. The van der Waals surface area contributed by atoms with Crippen LogP contribution in [0, 0.1) is 5.82 Å². The van der Waals surface area contributed by atoms with E-state index in [1.54, 1.807) is 23.0 Å². The number of halogens is 2. The Labute approximate surface area is 108 Å². The number of hydrogen-bond acceptors (Lipinski definition) is 2. The molecule has 0 bridgehead atoms. The number of hydrogen-bond donors (Lipinski definition) is 1. The Morgan fingerprint density at radius 2 is 2.18 bits per heavy atom. The molecule has 1 heterocycles. The second-order valence-electron chi connectivity index (χ2n) is 3.77. The largest absolute Gasteiger partial charge is 0.308 e. The van der Waals surface area contributed by atoms with Gasteiger partial charge in [0.15, 0.2) is 0 Å². The van der Waals surface area contributed by atoms with E-state index in [0.29, 0.717) is 4.47 Å². The van der Waals surface area contributed by atoms with E-state index < -0.39 is 0 Å². The van der Waals surface area contributed by atoms with Crippen LogP contribution in [0.1, 0.15) is 17.3 Å². The maximum atomic E-state index is 13.2. The average molecular weight is 298 g/mol. The van der Waals surface area contributed by atoms with Crippen molar-refractivity contribution in [3.8, 4) is 0 Å². The summed E-state index contributed by atoms with van der Waals surface area (Å²) in [4.78, 5) is 0. The van der Waals surface area contributed by atoms with Crippen molar-refractivity contribution in [3.05, 3.63) is 52.0 Å². The lowest BCUT2D eigenvalue weighted by atomic mass is 10.0. The first-order valence-corrected chi connectivity index (χ1v) is 6.03. The molecule has 0 aliphatic heterocycles. The SMILES string of the molecule is CNC(c1ccc(F)c(Br)c1)c1ccnn1C. The molecule has 0 amide bonds. The van der Waals surface area contributed by atoms with Gasteiger partial charge in [-0.1, -0.05) is 6.07 Å². The Morgan fingerprint density at radius 1 is 1.41 bits per heavy atom. The number of benzene rings is 1. The Kier molecular flexibility index (Phi) is 3.59. The van der Waals surface area contributed by atoms with Gasteiger partial charge in [-0.15, -0.1) is 0 Å². The summed E-state index contributed by atoms with van der Waals surface area (Å²) in [5.74, 6) is -0.256. The summed E-state index contributed by atoms with van der Waals surface area (Å²) in [6, 6.07) is 6.95. The van der Waals surface area contributed by atoms with E-state index in [0.717, 1.165) is 11.3 Å². The first-order valence-electron chi connectivity index (χ1n) is 5.23. The van der Waals surface area contributed by atoms with Gasteiger partial charge >= 0.3 is 0 Å². The zero-order chi connectivity index (χ0) is 12.4. The van der Waals surface area contributed by atoms with Crippen molar-refractivity contribution in [3.63, 3.8) is 0 Å². The molecule has 0 radical (unpaired) electrons. The third kappa shape index (κ3) is 2.40. The van der Waals surface area contributed by atoms with E-state index in [4.69, 9.17) is 0 Å². The zero-order valence-electron chi connectivity index (χ0n) is 9.61. The first-order chi connectivity index (χ1) is 8.13. The van der Waals surface area contributed by atoms with Crippen LogP contribution in [-0.2, 0) is 7.05 Å². The molecule has 1 unspecified atom stereocenters. The fourth-order valence-electron chi connectivity index (χ4n) is 1.84. The molecule has 90 valence electrons. The minimum absolute atomic E-state index is 0.000556. The van der Waals surface area contributed by atoms with Crippen LogP contribution in [0.5, 0.6) is 0 Å². The van der Waals surface area contributed by atoms with Crippen molar-refractivity contribution in [2.45, 2.75) is 6.04 Å². The third-order valence-electron chi connectivity index (χ3n) is 2.72. The molecule has 17 heavy (non-hydrogen) atoms. The topological polar surface area (TPSA) is 29.9 Å². The fraction of sp³-hybridized carbons (Fsp3) is 0.250. The van der Waals surface area contributed by atoms with Gasteiger partial charge in [0.2, 0.25) is 0 Å². The monoisotopic (exact) mass is 297 g/mol. The molecular weight excluding hydrogens is 285 g/mol. The van der Waals surface area contributed by atoms with Crippen molar-refractivity contribution in [2.24, 2.45) is 7.05 Å². The number of nitrogens with zero attached hydrogens (tertiary/aromatic N) is 2. The second-order valence-corrected chi connectivity index (χ2v) is 4.63. The molecule has 0 saturated heterocycles. The van der Waals surface area contributed by atoms with E-state index in [-0.39, 0.29) is 11.9 Å². The van der Waals surface area contributed by atoms with Crippen LogP contribution in [0.4, 0.5) is 4.39 Å². The number of rotatable bonds is 3. The minimum atomic E-state index is -0.256. The van der Waals surface area contributed by atoms with Crippen LogP contribution in [-0.4, -0.2) is 16.8 Å². The number of aromatic nitrogens is 2. The molecule has 0 saturated carbocycles. The van der Waals surface area contributed by atoms with Gasteiger partial charge in [0.1, 0.15) is 5.82 Å². The fourth-order valence-corrected chi connectivity index (χ4v) is 2.24. The normalized spacial score (nSPS) is 12.7. The molecule has 1 atom stereocenters. The predicted octanol–water partition coefficient (Wildman–Crippen LogP) is 2.63. The molecule has 3 nitrogen and oxygen atoms in total. The molecule has 5 heteroatoms. The highest BCUT2D eigenvalue weighted by atomic mass is 79.9. The standard InChI is InChI=1S/C12H13BrFN3/c1-15-12(11-5-6-16-17(11)2)8-3-4-10(14)9(13)7-8/h3-7,12,15H,1-2H3. The summed E-state index contributed by atoms with van der Waals surface area (Å²) < 4.78 is 15.5. The average Bonchev–Trinajstić information content (AvgIpc) is 2.71. The van der Waals surface area contributed by atoms with Gasteiger partial charge in [0.05, 0.1) is 16.2 Å². The Hall–Kier alpha value is -1.20. The molecule has 0 aliphatic rings. The van der Waals surface area contributed by atoms with Gasteiger partial charge in [-0.05, 0) is 46.7 Å². The van der Waals surface area contributed by atoms with Crippen molar-refractivity contribution in [2.75, 3.05) is 7.05 Å². The molecule has 1 N–H and O–H groups in total. The summed E-state index contributed by atoms with van der Waals surface area (Å²) in [6.45, 7) is 0.